The average molecular weight is 312 g/mol. The van der Waals surface area contributed by atoms with E-state index in [0.29, 0.717) is 18.1 Å². The van der Waals surface area contributed by atoms with Gasteiger partial charge in [0.2, 0.25) is 0 Å². The lowest BCUT2D eigenvalue weighted by molar-refractivity contribution is -0.151. The van der Waals surface area contributed by atoms with Gasteiger partial charge in [0.05, 0.1) is 23.4 Å². The molecule has 1 saturated carbocycles. The van der Waals surface area contributed by atoms with Gasteiger partial charge in [-0.1, -0.05) is 23.7 Å². The highest BCUT2D eigenvalue weighted by Crippen LogP contribution is 2.36. The molecule has 5 heteroatoms. The number of hydrogen-bond donors (Lipinski definition) is 1. The molecule has 1 aromatic rings. The van der Waals surface area contributed by atoms with E-state index in [1.807, 2.05) is 25.1 Å². The zero-order chi connectivity index (χ0) is 15.3. The van der Waals surface area contributed by atoms with Crippen molar-refractivity contribution in [1.82, 2.24) is 0 Å². The predicted molar refractivity (Wildman–Crippen MR) is 83.7 cm³/mol. The van der Waals surface area contributed by atoms with Crippen LogP contribution >= 0.6 is 11.6 Å². The van der Waals surface area contributed by atoms with E-state index in [4.69, 9.17) is 21.1 Å². The number of ether oxygens (including phenoxy) is 2. The Morgan fingerprint density at radius 3 is 2.90 bits per heavy atom. The minimum atomic E-state index is -0.764. The molecule has 0 aromatic heterocycles. The molecule has 4 nitrogen and oxygen atoms in total. The maximum Gasteiger partial charge on any atom is 0.331 e. The smallest absolute Gasteiger partial charge is 0.331 e. The molecule has 0 spiro atoms. The van der Waals surface area contributed by atoms with Crippen molar-refractivity contribution in [2.45, 2.75) is 44.2 Å². The van der Waals surface area contributed by atoms with Crippen LogP contribution in [0.2, 0.25) is 5.02 Å². The fourth-order valence-electron chi connectivity index (χ4n) is 2.87. The molecule has 1 aromatic carbocycles. The van der Waals surface area contributed by atoms with E-state index in [-0.39, 0.29) is 12.1 Å². The van der Waals surface area contributed by atoms with Crippen LogP contribution in [0.15, 0.2) is 24.3 Å². The summed E-state index contributed by atoms with van der Waals surface area (Å²) >= 11 is 6.21. The second-order valence-corrected chi connectivity index (χ2v) is 5.77. The van der Waals surface area contributed by atoms with E-state index >= 15 is 0 Å². The van der Waals surface area contributed by atoms with Crippen molar-refractivity contribution in [1.29, 1.82) is 0 Å². The molecule has 0 heterocycles. The zero-order valence-electron chi connectivity index (χ0n) is 12.5. The number of carbonyl (C=O) groups excluding carboxylic acids is 1. The van der Waals surface area contributed by atoms with Crippen molar-refractivity contribution in [3.8, 4) is 0 Å². The molecule has 2 unspecified atom stereocenters. The highest BCUT2D eigenvalue weighted by Gasteiger charge is 2.44. The third-order valence-electron chi connectivity index (χ3n) is 3.95. The van der Waals surface area contributed by atoms with Crippen molar-refractivity contribution < 1.29 is 14.3 Å². The number of nitrogens with one attached hydrogen (secondary N) is 1. The number of benzene rings is 1. The molecule has 0 amide bonds. The van der Waals surface area contributed by atoms with E-state index < -0.39 is 5.54 Å². The van der Waals surface area contributed by atoms with Gasteiger partial charge in [0.1, 0.15) is 5.54 Å². The number of anilines is 1. The Morgan fingerprint density at radius 2 is 2.24 bits per heavy atom. The zero-order valence-corrected chi connectivity index (χ0v) is 13.3. The topological polar surface area (TPSA) is 47.6 Å². The van der Waals surface area contributed by atoms with Gasteiger partial charge in [-0.2, -0.15) is 0 Å². The lowest BCUT2D eigenvalue weighted by Crippen LogP contribution is -2.52. The van der Waals surface area contributed by atoms with Crippen LogP contribution < -0.4 is 5.32 Å². The maximum absolute atomic E-state index is 12.5. The van der Waals surface area contributed by atoms with Crippen molar-refractivity contribution in [3.63, 3.8) is 0 Å². The van der Waals surface area contributed by atoms with Crippen LogP contribution in [-0.2, 0) is 14.3 Å². The van der Waals surface area contributed by atoms with Crippen molar-refractivity contribution in [2.75, 3.05) is 19.0 Å². The first-order valence-electron chi connectivity index (χ1n) is 7.34. The SMILES string of the molecule is CCOC(=O)C1(Nc2ccccc2Cl)CCCC(OC)C1. The monoisotopic (exact) mass is 311 g/mol. The van der Waals surface area contributed by atoms with Gasteiger partial charge in [-0.05, 0) is 38.3 Å². The molecule has 0 aliphatic heterocycles. The molecule has 2 rings (SSSR count). The normalized spacial score (nSPS) is 25.4. The Morgan fingerprint density at radius 1 is 1.48 bits per heavy atom. The first-order valence-corrected chi connectivity index (χ1v) is 7.72. The summed E-state index contributed by atoms with van der Waals surface area (Å²) in [6.07, 6.45) is 3.24. The van der Waals surface area contributed by atoms with E-state index in [0.717, 1.165) is 24.9 Å². The summed E-state index contributed by atoms with van der Waals surface area (Å²) in [6, 6.07) is 7.44. The number of rotatable bonds is 5. The molecule has 116 valence electrons. The standard InChI is InChI=1S/C16H22ClNO3/c1-3-21-15(19)16(10-6-7-12(11-16)20-2)18-14-9-5-4-8-13(14)17/h4-5,8-9,12,18H,3,6-7,10-11H2,1-2H3. The van der Waals surface area contributed by atoms with Crippen LogP contribution in [0.1, 0.15) is 32.6 Å². The lowest BCUT2D eigenvalue weighted by Gasteiger charge is -2.39. The summed E-state index contributed by atoms with van der Waals surface area (Å²) in [5.74, 6) is -0.230. The highest BCUT2D eigenvalue weighted by molar-refractivity contribution is 6.33. The predicted octanol–water partition coefficient (Wildman–Crippen LogP) is 3.64. The summed E-state index contributed by atoms with van der Waals surface area (Å²) in [7, 11) is 1.68. The molecule has 0 radical (unpaired) electrons. The van der Waals surface area contributed by atoms with Gasteiger partial charge in [-0.15, -0.1) is 0 Å². The summed E-state index contributed by atoms with van der Waals surface area (Å²) in [5, 5.41) is 3.92. The first-order chi connectivity index (χ1) is 10.1. The summed E-state index contributed by atoms with van der Waals surface area (Å²) in [6.45, 7) is 2.18. The molecule has 0 bridgehead atoms. The summed E-state index contributed by atoms with van der Waals surface area (Å²) in [5.41, 5.74) is -0.0103. The fourth-order valence-corrected chi connectivity index (χ4v) is 3.05. The van der Waals surface area contributed by atoms with Gasteiger partial charge in [-0.25, -0.2) is 4.79 Å². The largest absolute Gasteiger partial charge is 0.464 e. The maximum atomic E-state index is 12.5. The third kappa shape index (κ3) is 3.69. The van der Waals surface area contributed by atoms with Crippen LogP contribution in [0.4, 0.5) is 5.69 Å². The molecule has 1 fully saturated rings. The van der Waals surface area contributed by atoms with E-state index in [9.17, 15) is 4.79 Å². The van der Waals surface area contributed by atoms with Gasteiger partial charge < -0.3 is 14.8 Å². The Bertz CT molecular complexity index is 494. The van der Waals surface area contributed by atoms with E-state index in [1.165, 1.54) is 0 Å². The molecular formula is C16H22ClNO3. The second kappa shape index (κ2) is 7.14. The molecule has 0 saturated heterocycles. The third-order valence-corrected chi connectivity index (χ3v) is 4.28. The molecule has 1 aliphatic rings. The molecular weight excluding hydrogens is 290 g/mol. The van der Waals surface area contributed by atoms with Crippen LogP contribution in [-0.4, -0.2) is 31.3 Å². The molecule has 2 atom stereocenters. The van der Waals surface area contributed by atoms with E-state index in [2.05, 4.69) is 5.32 Å². The number of methoxy groups -OCH3 is 1. The van der Waals surface area contributed by atoms with Crippen LogP contribution in [0.5, 0.6) is 0 Å². The number of hydrogen-bond acceptors (Lipinski definition) is 4. The quantitative estimate of drug-likeness (QED) is 0.843. The minimum absolute atomic E-state index is 0.0538. The first kappa shape index (κ1) is 16.1. The van der Waals surface area contributed by atoms with Crippen LogP contribution in [0.25, 0.3) is 0 Å². The van der Waals surface area contributed by atoms with Gasteiger partial charge in [0, 0.05) is 13.5 Å². The Kier molecular flexibility index (Phi) is 5.48. The lowest BCUT2D eigenvalue weighted by atomic mass is 9.79. The summed E-state index contributed by atoms with van der Waals surface area (Å²) < 4.78 is 10.8. The van der Waals surface area contributed by atoms with Gasteiger partial charge in [0.15, 0.2) is 0 Å². The van der Waals surface area contributed by atoms with Crippen molar-refractivity contribution in [2.24, 2.45) is 0 Å². The van der Waals surface area contributed by atoms with Gasteiger partial charge in [0.25, 0.3) is 0 Å². The van der Waals surface area contributed by atoms with Crippen LogP contribution in [0.3, 0.4) is 0 Å². The Hall–Kier alpha value is -1.26. The average Bonchev–Trinajstić information content (AvgIpc) is 2.50. The Labute approximate surface area is 130 Å². The molecule has 1 aliphatic carbocycles. The number of para-hydroxylation sites is 1. The van der Waals surface area contributed by atoms with Gasteiger partial charge >= 0.3 is 5.97 Å². The fraction of sp³-hybridized carbons (Fsp3) is 0.562. The highest BCUT2D eigenvalue weighted by atomic mass is 35.5. The van der Waals surface area contributed by atoms with Gasteiger partial charge in [-0.3, -0.25) is 0 Å². The van der Waals surface area contributed by atoms with Crippen LogP contribution in [0, 0.1) is 0 Å². The minimum Gasteiger partial charge on any atom is -0.464 e. The number of carbonyl (C=O) groups is 1. The van der Waals surface area contributed by atoms with Crippen molar-refractivity contribution >= 4 is 23.3 Å². The number of esters is 1. The molecule has 21 heavy (non-hydrogen) atoms. The summed E-state index contributed by atoms with van der Waals surface area (Å²) in [4.78, 5) is 12.5. The second-order valence-electron chi connectivity index (χ2n) is 5.36. The van der Waals surface area contributed by atoms with E-state index in [1.54, 1.807) is 13.2 Å². The molecule has 1 N–H and O–H groups in total. The number of halogens is 1. The Balaban J connectivity index is 2.27. The van der Waals surface area contributed by atoms with Crippen molar-refractivity contribution in [3.05, 3.63) is 29.3 Å².